The molecule has 1 aromatic heterocycles. The number of para-hydroxylation sites is 2. The maximum Gasteiger partial charge on any atom is 0.240 e. The van der Waals surface area contributed by atoms with E-state index < -0.39 is 0 Å². The number of anilines is 2. The number of terminal acetylenes is 1. The molecule has 1 aromatic carbocycles. The predicted octanol–water partition coefficient (Wildman–Crippen LogP) is 2.03. The third-order valence-corrected chi connectivity index (χ3v) is 4.44. The monoisotopic (exact) mass is 337 g/mol. The normalized spacial score (nSPS) is 15.0. The molecule has 2 aromatic rings. The lowest BCUT2D eigenvalue weighted by Crippen LogP contribution is -2.35. The van der Waals surface area contributed by atoms with Gasteiger partial charge in [-0.15, -0.1) is 6.42 Å². The molecule has 2 heterocycles. The van der Waals surface area contributed by atoms with Crippen molar-refractivity contribution in [3.8, 4) is 12.3 Å². The summed E-state index contributed by atoms with van der Waals surface area (Å²) in [6, 6.07) is 7.78. The Morgan fingerprint density at radius 2 is 1.96 bits per heavy atom. The van der Waals surface area contributed by atoms with Gasteiger partial charge in [0.05, 0.1) is 24.1 Å². The number of amides is 1. The molecule has 1 aliphatic heterocycles. The number of benzene rings is 1. The minimum absolute atomic E-state index is 0.117. The molecule has 1 saturated heterocycles. The first-order chi connectivity index (χ1) is 12.2. The highest BCUT2D eigenvalue weighted by atomic mass is 16.1. The van der Waals surface area contributed by atoms with Crippen LogP contribution >= 0.6 is 0 Å². The van der Waals surface area contributed by atoms with E-state index in [1.807, 2.05) is 24.3 Å². The van der Waals surface area contributed by atoms with E-state index in [2.05, 4.69) is 33.4 Å². The summed E-state index contributed by atoms with van der Waals surface area (Å²) < 4.78 is 0. The Bertz CT molecular complexity index is 790. The molecule has 6 nitrogen and oxygen atoms in total. The van der Waals surface area contributed by atoms with Gasteiger partial charge < -0.3 is 15.5 Å². The van der Waals surface area contributed by atoms with E-state index in [0.29, 0.717) is 5.82 Å². The van der Waals surface area contributed by atoms with Crippen LogP contribution in [0.4, 0.5) is 11.6 Å². The summed E-state index contributed by atoms with van der Waals surface area (Å²) in [5.41, 5.74) is 1.67. The quantitative estimate of drug-likeness (QED) is 0.817. The van der Waals surface area contributed by atoms with Crippen LogP contribution in [0.15, 0.2) is 24.3 Å². The molecule has 0 spiro atoms. The standard InChI is InChI=1S/C19H23N5O/c1-3-10-20-17(25)13-21-18-19(24-11-8-14(2)9-12-24)23-16-7-5-4-6-15(16)22-18/h1,4-7,14H,8-13H2,2H3,(H,20,25)(H,21,22). The second-order valence-electron chi connectivity index (χ2n) is 6.39. The van der Waals surface area contributed by atoms with Gasteiger partial charge >= 0.3 is 0 Å². The maximum absolute atomic E-state index is 11.8. The highest BCUT2D eigenvalue weighted by Gasteiger charge is 2.21. The molecular formula is C19H23N5O. The highest BCUT2D eigenvalue weighted by Crippen LogP contribution is 2.28. The summed E-state index contributed by atoms with van der Waals surface area (Å²) in [7, 11) is 0. The summed E-state index contributed by atoms with van der Waals surface area (Å²) in [5, 5.41) is 5.77. The van der Waals surface area contributed by atoms with E-state index >= 15 is 0 Å². The Kier molecular flexibility index (Phi) is 5.34. The SMILES string of the molecule is C#CCNC(=O)CNc1nc2ccccc2nc1N1CCC(C)CC1. The third-order valence-electron chi connectivity index (χ3n) is 4.44. The average Bonchev–Trinajstić information content (AvgIpc) is 2.64. The largest absolute Gasteiger partial charge is 0.358 e. The molecule has 0 bridgehead atoms. The lowest BCUT2D eigenvalue weighted by molar-refractivity contribution is -0.119. The maximum atomic E-state index is 11.8. The van der Waals surface area contributed by atoms with Gasteiger partial charge in [0.2, 0.25) is 5.91 Å². The molecule has 0 atom stereocenters. The van der Waals surface area contributed by atoms with Crippen molar-refractivity contribution in [2.24, 2.45) is 5.92 Å². The van der Waals surface area contributed by atoms with E-state index in [4.69, 9.17) is 11.4 Å². The average molecular weight is 337 g/mol. The van der Waals surface area contributed by atoms with Crippen molar-refractivity contribution >= 4 is 28.6 Å². The van der Waals surface area contributed by atoms with Gasteiger partial charge in [0.15, 0.2) is 11.6 Å². The first kappa shape index (κ1) is 17.0. The van der Waals surface area contributed by atoms with E-state index in [9.17, 15) is 4.79 Å². The van der Waals surface area contributed by atoms with E-state index in [0.717, 1.165) is 48.7 Å². The summed E-state index contributed by atoms with van der Waals surface area (Å²) >= 11 is 0. The first-order valence-electron chi connectivity index (χ1n) is 8.63. The van der Waals surface area contributed by atoms with Gasteiger partial charge in [0, 0.05) is 13.1 Å². The van der Waals surface area contributed by atoms with Gasteiger partial charge in [-0.2, -0.15) is 0 Å². The molecule has 3 rings (SSSR count). The molecule has 1 amide bonds. The number of fused-ring (bicyclic) bond motifs is 1. The zero-order valence-corrected chi connectivity index (χ0v) is 14.5. The van der Waals surface area contributed by atoms with Crippen LogP contribution in [0, 0.1) is 18.3 Å². The van der Waals surface area contributed by atoms with Crippen LogP contribution in [0.25, 0.3) is 11.0 Å². The minimum atomic E-state index is -0.161. The topological polar surface area (TPSA) is 70.1 Å². The fourth-order valence-electron chi connectivity index (χ4n) is 2.93. The van der Waals surface area contributed by atoms with Gasteiger partial charge in [0.1, 0.15) is 0 Å². The zero-order chi connectivity index (χ0) is 17.6. The lowest BCUT2D eigenvalue weighted by Gasteiger charge is -2.32. The van der Waals surface area contributed by atoms with Crippen LogP contribution in [0.3, 0.4) is 0 Å². The van der Waals surface area contributed by atoms with Crippen LogP contribution < -0.4 is 15.5 Å². The van der Waals surface area contributed by atoms with Gasteiger partial charge in [0.25, 0.3) is 0 Å². The number of piperidine rings is 1. The molecule has 0 radical (unpaired) electrons. The molecule has 1 fully saturated rings. The number of rotatable bonds is 5. The smallest absolute Gasteiger partial charge is 0.240 e. The fourth-order valence-corrected chi connectivity index (χ4v) is 2.93. The molecule has 0 unspecified atom stereocenters. The second kappa shape index (κ2) is 7.84. The molecular weight excluding hydrogens is 314 g/mol. The van der Waals surface area contributed by atoms with Crippen LogP contribution in [-0.2, 0) is 4.79 Å². The number of nitrogens with zero attached hydrogens (tertiary/aromatic N) is 3. The van der Waals surface area contributed by atoms with E-state index in [-0.39, 0.29) is 19.0 Å². The van der Waals surface area contributed by atoms with Crippen molar-refractivity contribution in [1.29, 1.82) is 0 Å². The summed E-state index contributed by atoms with van der Waals surface area (Å²) in [5.74, 6) is 4.42. The zero-order valence-electron chi connectivity index (χ0n) is 14.5. The Morgan fingerprint density at radius 1 is 1.28 bits per heavy atom. The molecule has 6 heteroatoms. The van der Waals surface area contributed by atoms with Crippen molar-refractivity contribution < 1.29 is 4.79 Å². The van der Waals surface area contributed by atoms with Crippen molar-refractivity contribution in [1.82, 2.24) is 15.3 Å². The summed E-state index contributed by atoms with van der Waals surface area (Å²) in [6.07, 6.45) is 7.44. The number of hydrogen-bond donors (Lipinski definition) is 2. The highest BCUT2D eigenvalue weighted by molar-refractivity contribution is 5.84. The fraction of sp³-hybridized carbons (Fsp3) is 0.421. The lowest BCUT2D eigenvalue weighted by atomic mass is 9.99. The number of carbonyl (C=O) groups is 1. The number of aromatic nitrogens is 2. The summed E-state index contributed by atoms with van der Waals surface area (Å²) in [6.45, 7) is 4.52. The van der Waals surface area contributed by atoms with Gasteiger partial charge in [-0.05, 0) is 30.9 Å². The summed E-state index contributed by atoms with van der Waals surface area (Å²) in [4.78, 5) is 23.6. The van der Waals surface area contributed by atoms with E-state index in [1.54, 1.807) is 0 Å². The molecule has 130 valence electrons. The molecule has 25 heavy (non-hydrogen) atoms. The molecule has 0 aliphatic carbocycles. The Morgan fingerprint density at radius 3 is 2.64 bits per heavy atom. The molecule has 1 aliphatic rings. The van der Waals surface area contributed by atoms with Crippen molar-refractivity contribution in [2.75, 3.05) is 36.4 Å². The van der Waals surface area contributed by atoms with Crippen LogP contribution in [0.1, 0.15) is 19.8 Å². The first-order valence-corrected chi connectivity index (χ1v) is 8.63. The van der Waals surface area contributed by atoms with Crippen LogP contribution in [0.5, 0.6) is 0 Å². The molecule has 0 saturated carbocycles. The van der Waals surface area contributed by atoms with Crippen molar-refractivity contribution in [2.45, 2.75) is 19.8 Å². The third kappa shape index (κ3) is 4.18. The van der Waals surface area contributed by atoms with Gasteiger partial charge in [-0.3, -0.25) is 4.79 Å². The Balaban J connectivity index is 1.84. The predicted molar refractivity (Wildman–Crippen MR) is 100 cm³/mol. The van der Waals surface area contributed by atoms with Crippen molar-refractivity contribution in [3.63, 3.8) is 0 Å². The molecule has 2 N–H and O–H groups in total. The number of hydrogen-bond acceptors (Lipinski definition) is 5. The second-order valence-corrected chi connectivity index (χ2v) is 6.39. The Labute approximate surface area is 148 Å². The Hall–Kier alpha value is -2.81. The van der Waals surface area contributed by atoms with Gasteiger partial charge in [-0.25, -0.2) is 9.97 Å². The van der Waals surface area contributed by atoms with Crippen molar-refractivity contribution in [3.05, 3.63) is 24.3 Å². The number of nitrogens with one attached hydrogen (secondary N) is 2. The number of carbonyl (C=O) groups excluding carboxylic acids is 1. The van der Waals surface area contributed by atoms with Crippen LogP contribution in [-0.4, -0.2) is 42.1 Å². The van der Waals surface area contributed by atoms with Gasteiger partial charge in [-0.1, -0.05) is 25.0 Å². The van der Waals surface area contributed by atoms with E-state index in [1.165, 1.54) is 0 Å². The van der Waals surface area contributed by atoms with Crippen LogP contribution in [0.2, 0.25) is 0 Å². The minimum Gasteiger partial charge on any atom is -0.358 e.